The minimum absolute atomic E-state index is 0.0753. The first kappa shape index (κ1) is 25.4. The lowest BCUT2D eigenvalue weighted by Gasteiger charge is -2.41. The van der Waals surface area contributed by atoms with Gasteiger partial charge in [0.25, 0.3) is 5.56 Å². The monoisotopic (exact) mass is 529 g/mol. The lowest BCUT2D eigenvalue weighted by atomic mass is 9.73. The highest BCUT2D eigenvalue weighted by atomic mass is 35.5. The molecule has 2 aromatic heterocycles. The predicted octanol–water partition coefficient (Wildman–Crippen LogP) is 2.89. The molecule has 2 aliphatic heterocycles. The van der Waals surface area contributed by atoms with Gasteiger partial charge < -0.3 is 20.3 Å². The van der Waals surface area contributed by atoms with Gasteiger partial charge in [-0.05, 0) is 46.0 Å². The van der Waals surface area contributed by atoms with Crippen molar-refractivity contribution in [2.75, 3.05) is 45.2 Å². The average molecular weight is 530 g/mol. The van der Waals surface area contributed by atoms with E-state index in [1.807, 2.05) is 31.1 Å². The van der Waals surface area contributed by atoms with E-state index in [-0.39, 0.29) is 23.1 Å². The summed E-state index contributed by atoms with van der Waals surface area (Å²) < 4.78 is 7.43. The first-order valence-electron chi connectivity index (χ1n) is 12.2. The fourth-order valence-electron chi connectivity index (χ4n) is 5.02. The van der Waals surface area contributed by atoms with E-state index in [2.05, 4.69) is 26.8 Å². The minimum Gasteiger partial charge on any atom is -0.376 e. The molecule has 2 aliphatic rings. The Morgan fingerprint density at radius 3 is 2.64 bits per heavy atom. The molecule has 0 radical (unpaired) electrons. The Morgan fingerprint density at radius 1 is 1.22 bits per heavy atom. The fraction of sp³-hybridized carbons (Fsp3) is 0.520. The van der Waals surface area contributed by atoms with Crippen molar-refractivity contribution in [2.45, 2.75) is 48.4 Å². The number of rotatable bonds is 6. The molecule has 0 unspecified atom stereocenters. The Balaban J connectivity index is 1.30. The Hall–Kier alpha value is -2.24. The lowest BCUT2D eigenvalue weighted by molar-refractivity contribution is 0.0974. The van der Waals surface area contributed by atoms with E-state index in [0.29, 0.717) is 27.5 Å². The van der Waals surface area contributed by atoms with Crippen LogP contribution in [0.3, 0.4) is 0 Å². The molecule has 0 bridgehead atoms. The average Bonchev–Trinajstić information content (AvgIpc) is 3.14. The Labute approximate surface area is 220 Å². The van der Waals surface area contributed by atoms with Gasteiger partial charge in [0.1, 0.15) is 10.8 Å². The van der Waals surface area contributed by atoms with E-state index < -0.39 is 0 Å². The standard InChI is InChI=1S/C25H32ClN7O2S/c1-16-23(27)25(14-35-16)6-8-32(9-7-25)19-12-29-20(13-28-19)36-18-5-4-17-21(22(18)26)24(34)33(15-30-17)11-10-31(2)3/h4-5,12-13,15-16,23H,6-11,14,27H2,1-3H3/t16-,23+/m0/s1. The topological polar surface area (TPSA) is 102 Å². The summed E-state index contributed by atoms with van der Waals surface area (Å²) in [5, 5.41) is 1.54. The second kappa shape index (κ2) is 10.3. The van der Waals surface area contributed by atoms with Crippen LogP contribution in [0.2, 0.25) is 5.02 Å². The maximum Gasteiger partial charge on any atom is 0.262 e. The third-order valence-corrected chi connectivity index (χ3v) is 8.93. The third kappa shape index (κ3) is 4.84. The zero-order valence-corrected chi connectivity index (χ0v) is 22.4. The molecule has 1 aromatic carbocycles. The molecule has 5 rings (SSSR count). The number of aromatic nitrogens is 4. The van der Waals surface area contributed by atoms with E-state index in [1.165, 1.54) is 11.8 Å². The number of anilines is 1. The highest BCUT2D eigenvalue weighted by Gasteiger charge is 2.47. The second-order valence-corrected chi connectivity index (χ2v) is 11.5. The van der Waals surface area contributed by atoms with E-state index in [4.69, 9.17) is 22.1 Å². The molecule has 9 nitrogen and oxygen atoms in total. The lowest BCUT2D eigenvalue weighted by Crippen LogP contribution is -2.50. The van der Waals surface area contributed by atoms with Crippen molar-refractivity contribution in [3.8, 4) is 0 Å². The summed E-state index contributed by atoms with van der Waals surface area (Å²) in [5.41, 5.74) is 6.97. The molecule has 2 atom stereocenters. The molecule has 11 heteroatoms. The van der Waals surface area contributed by atoms with Gasteiger partial charge in [-0.3, -0.25) is 9.36 Å². The SMILES string of the molecule is C[C@@H]1OCC2(CCN(c3cnc(Sc4ccc5ncn(CCN(C)C)c(=O)c5c4Cl)cn3)CC2)[C@@H]1N. The maximum absolute atomic E-state index is 13.1. The number of halogens is 1. The van der Waals surface area contributed by atoms with Gasteiger partial charge in [-0.2, -0.15) is 0 Å². The van der Waals surface area contributed by atoms with E-state index in [0.717, 1.165) is 49.8 Å². The number of nitrogens with zero attached hydrogens (tertiary/aromatic N) is 6. The molecule has 1 spiro atoms. The van der Waals surface area contributed by atoms with Crippen LogP contribution < -0.4 is 16.2 Å². The van der Waals surface area contributed by atoms with Crippen molar-refractivity contribution in [3.63, 3.8) is 0 Å². The number of hydrogen-bond donors (Lipinski definition) is 1. The molecule has 36 heavy (non-hydrogen) atoms. The molecule has 0 amide bonds. The predicted molar refractivity (Wildman–Crippen MR) is 143 cm³/mol. The normalized spacial score (nSPS) is 21.7. The molecule has 3 aromatic rings. The summed E-state index contributed by atoms with van der Waals surface area (Å²) >= 11 is 8.10. The minimum atomic E-state index is -0.139. The Morgan fingerprint density at radius 2 is 2.00 bits per heavy atom. The van der Waals surface area contributed by atoms with Crippen molar-refractivity contribution >= 4 is 40.1 Å². The molecule has 192 valence electrons. The number of likely N-dealkylation sites (N-methyl/N-ethyl adjacent to an activating group) is 1. The van der Waals surface area contributed by atoms with Gasteiger partial charge in [0, 0.05) is 42.5 Å². The van der Waals surface area contributed by atoms with Crippen molar-refractivity contribution in [2.24, 2.45) is 11.1 Å². The van der Waals surface area contributed by atoms with Gasteiger partial charge in [0.15, 0.2) is 0 Å². The molecule has 0 saturated carbocycles. The number of benzene rings is 1. The number of nitrogens with two attached hydrogens (primary N) is 1. The maximum atomic E-state index is 13.1. The van der Waals surface area contributed by atoms with Crippen LogP contribution in [0, 0.1) is 5.41 Å². The van der Waals surface area contributed by atoms with Crippen LogP contribution in [0.5, 0.6) is 0 Å². The summed E-state index contributed by atoms with van der Waals surface area (Å²) in [6, 6.07) is 3.79. The van der Waals surface area contributed by atoms with Crippen LogP contribution in [-0.4, -0.2) is 76.9 Å². The second-order valence-electron chi connectivity index (χ2n) is 10.0. The van der Waals surface area contributed by atoms with Crippen LogP contribution >= 0.6 is 23.4 Å². The molecule has 2 fully saturated rings. The quantitative estimate of drug-likeness (QED) is 0.516. The first-order chi connectivity index (χ1) is 17.3. The van der Waals surface area contributed by atoms with Crippen LogP contribution in [-0.2, 0) is 11.3 Å². The van der Waals surface area contributed by atoms with Gasteiger partial charge in [0.2, 0.25) is 0 Å². The summed E-state index contributed by atoms with van der Waals surface area (Å²) in [4.78, 5) is 31.8. The number of ether oxygens (including phenoxy) is 1. The van der Waals surface area contributed by atoms with E-state index in [1.54, 1.807) is 23.3 Å². The molecule has 0 aliphatic carbocycles. The van der Waals surface area contributed by atoms with Gasteiger partial charge in [-0.25, -0.2) is 15.0 Å². The highest BCUT2D eigenvalue weighted by molar-refractivity contribution is 7.99. The molecular formula is C25H32ClN7O2S. The Kier molecular flexibility index (Phi) is 7.24. The summed E-state index contributed by atoms with van der Waals surface area (Å²) in [6.07, 6.45) is 7.24. The molecule has 2 N–H and O–H groups in total. The number of hydrogen-bond acceptors (Lipinski definition) is 9. The molecule has 2 saturated heterocycles. The van der Waals surface area contributed by atoms with Gasteiger partial charge in [-0.15, -0.1) is 0 Å². The molecular weight excluding hydrogens is 498 g/mol. The summed E-state index contributed by atoms with van der Waals surface area (Å²) in [5.74, 6) is 0.854. The zero-order valence-electron chi connectivity index (χ0n) is 20.9. The zero-order chi connectivity index (χ0) is 25.4. The van der Waals surface area contributed by atoms with Crippen LogP contribution in [0.25, 0.3) is 10.9 Å². The van der Waals surface area contributed by atoms with Gasteiger partial charge in [-0.1, -0.05) is 23.4 Å². The van der Waals surface area contributed by atoms with Crippen LogP contribution in [0.1, 0.15) is 19.8 Å². The van der Waals surface area contributed by atoms with Crippen LogP contribution in [0.4, 0.5) is 5.82 Å². The summed E-state index contributed by atoms with van der Waals surface area (Å²) in [6.45, 7) is 5.85. The molecule has 4 heterocycles. The largest absolute Gasteiger partial charge is 0.376 e. The van der Waals surface area contributed by atoms with E-state index in [9.17, 15) is 4.79 Å². The smallest absolute Gasteiger partial charge is 0.262 e. The van der Waals surface area contributed by atoms with E-state index >= 15 is 0 Å². The van der Waals surface area contributed by atoms with Crippen molar-refractivity contribution in [3.05, 3.63) is 46.2 Å². The Bertz CT molecular complexity index is 1290. The van der Waals surface area contributed by atoms with Crippen molar-refractivity contribution < 1.29 is 4.74 Å². The number of piperidine rings is 1. The van der Waals surface area contributed by atoms with Gasteiger partial charge in [0.05, 0.1) is 47.4 Å². The van der Waals surface area contributed by atoms with Crippen molar-refractivity contribution in [1.29, 1.82) is 0 Å². The highest BCUT2D eigenvalue weighted by Crippen LogP contribution is 2.42. The fourth-order valence-corrected chi connectivity index (χ4v) is 6.14. The third-order valence-electron chi connectivity index (χ3n) is 7.44. The number of fused-ring (bicyclic) bond motifs is 1. The van der Waals surface area contributed by atoms with Crippen molar-refractivity contribution in [1.82, 2.24) is 24.4 Å². The van der Waals surface area contributed by atoms with Gasteiger partial charge >= 0.3 is 0 Å². The first-order valence-corrected chi connectivity index (χ1v) is 13.4. The summed E-state index contributed by atoms with van der Waals surface area (Å²) in [7, 11) is 3.94. The van der Waals surface area contributed by atoms with Crippen LogP contribution in [0.15, 0.2) is 45.6 Å².